The van der Waals surface area contributed by atoms with Crippen molar-refractivity contribution >= 4 is 15.8 Å². The molecule has 1 heterocycles. The van der Waals surface area contributed by atoms with Crippen LogP contribution >= 0.6 is 0 Å². The van der Waals surface area contributed by atoms with Gasteiger partial charge in [0.1, 0.15) is 11.4 Å². The Hall–Kier alpha value is -0.640. The fourth-order valence-corrected chi connectivity index (χ4v) is 10.0. The molecule has 200 valence electrons. The lowest BCUT2D eigenvalue weighted by molar-refractivity contribution is -0.160. The summed E-state index contributed by atoms with van der Waals surface area (Å²) in [6, 6.07) is 0. The van der Waals surface area contributed by atoms with E-state index in [0.29, 0.717) is 68.6 Å². The van der Waals surface area contributed by atoms with E-state index < -0.39 is 22.0 Å². The van der Waals surface area contributed by atoms with Gasteiger partial charge in [-0.25, -0.2) is 17.2 Å². The van der Waals surface area contributed by atoms with Crippen LogP contribution in [-0.4, -0.2) is 79.5 Å². The second kappa shape index (κ2) is 9.28. The summed E-state index contributed by atoms with van der Waals surface area (Å²) in [6.07, 6.45) is 5.82. The van der Waals surface area contributed by atoms with Crippen LogP contribution < -0.4 is 0 Å². The Kier molecular flexibility index (Phi) is 6.89. The molecule has 1 N–H and O–H groups in total. The highest BCUT2D eigenvalue weighted by atomic mass is 32.2. The molecular formula is C26H42F2N2O4S. The molecule has 0 bridgehead atoms. The zero-order chi connectivity index (χ0) is 25.2. The first-order valence-electron chi connectivity index (χ1n) is 13.6. The van der Waals surface area contributed by atoms with Crippen LogP contribution in [0.3, 0.4) is 0 Å². The molecule has 0 spiro atoms. The van der Waals surface area contributed by atoms with E-state index in [-0.39, 0.29) is 30.1 Å². The second-order valence-corrected chi connectivity index (χ2v) is 14.6. The van der Waals surface area contributed by atoms with Gasteiger partial charge >= 0.3 is 0 Å². The van der Waals surface area contributed by atoms with Crippen LogP contribution in [0.4, 0.5) is 8.78 Å². The maximum absolute atomic E-state index is 13.5. The van der Waals surface area contributed by atoms with E-state index in [2.05, 4.69) is 11.8 Å². The minimum atomic E-state index is -3.18. The molecule has 9 heteroatoms. The smallest absolute Gasteiger partial charge is 0.266 e. The molecule has 35 heavy (non-hydrogen) atoms. The Bertz CT molecular complexity index is 924. The average Bonchev–Trinajstić information content (AvgIpc) is 3.15. The number of nitrogens with zero attached hydrogens (tertiary/aromatic N) is 2. The number of sulfonamides is 1. The molecular weight excluding hydrogens is 474 g/mol. The van der Waals surface area contributed by atoms with Gasteiger partial charge in [-0.05, 0) is 92.8 Å². The first-order valence-corrected chi connectivity index (χ1v) is 15.5. The lowest BCUT2D eigenvalue weighted by atomic mass is 9.49. The largest absolute Gasteiger partial charge is 0.384 e. The third-order valence-corrected chi connectivity index (χ3v) is 12.3. The van der Waals surface area contributed by atoms with Crippen molar-refractivity contribution in [3.63, 3.8) is 0 Å². The minimum Gasteiger partial charge on any atom is -0.384 e. The number of ketones is 1. The predicted octanol–water partition coefficient (Wildman–Crippen LogP) is 3.40. The Balaban J connectivity index is 1.21. The van der Waals surface area contributed by atoms with Gasteiger partial charge in [-0.3, -0.25) is 9.69 Å². The van der Waals surface area contributed by atoms with Gasteiger partial charge in [-0.1, -0.05) is 6.92 Å². The SMILES string of the molecule is C[C@]12CC[C@H]3[C@@H](CC[C@H]4C[C@@](O)(C(F)F)CC[C@@H]43)[C@@H]1CC[C@@H]2C(=O)CN1CCN(S(C)(=O)=O)CC1. The summed E-state index contributed by atoms with van der Waals surface area (Å²) < 4.78 is 52.0. The van der Waals surface area contributed by atoms with E-state index in [0.717, 1.165) is 38.5 Å². The monoisotopic (exact) mass is 516 g/mol. The van der Waals surface area contributed by atoms with Crippen LogP contribution in [0.2, 0.25) is 0 Å². The number of alkyl halides is 2. The molecule has 1 aliphatic heterocycles. The number of hydrogen-bond donors (Lipinski definition) is 1. The summed E-state index contributed by atoms with van der Waals surface area (Å²) in [5.41, 5.74) is -1.78. The topological polar surface area (TPSA) is 77.9 Å². The standard InChI is InChI=1S/C26H42F2N2O4S/c1-25-9-7-19-18-8-10-26(32,24(27)28)15-17(18)3-4-20(19)21(25)5-6-22(25)23(31)16-29-11-13-30(14-12-29)35(2,33)34/h17-22,24,32H,3-16H2,1-2H3/t17-,18-,19+,20+,21-,22+,25-,26+/m0/s1. The highest BCUT2D eigenvalue weighted by Crippen LogP contribution is 2.64. The van der Waals surface area contributed by atoms with E-state index >= 15 is 0 Å². The third kappa shape index (κ3) is 4.61. The number of Topliss-reactive ketones (excluding diaryl/α,β-unsaturated/α-hetero) is 1. The van der Waals surface area contributed by atoms with E-state index in [4.69, 9.17) is 0 Å². The first kappa shape index (κ1) is 26.0. The lowest BCUT2D eigenvalue weighted by Crippen LogP contribution is -2.53. The van der Waals surface area contributed by atoms with Crippen molar-refractivity contribution in [2.45, 2.75) is 76.7 Å². The van der Waals surface area contributed by atoms with Crippen LogP contribution in [0.25, 0.3) is 0 Å². The van der Waals surface area contributed by atoms with Gasteiger partial charge < -0.3 is 5.11 Å². The number of aliphatic hydroxyl groups is 1. The Morgan fingerprint density at radius 3 is 2.31 bits per heavy atom. The number of hydrogen-bond acceptors (Lipinski definition) is 5. The quantitative estimate of drug-likeness (QED) is 0.606. The van der Waals surface area contributed by atoms with Crippen molar-refractivity contribution in [3.8, 4) is 0 Å². The average molecular weight is 517 g/mol. The van der Waals surface area contributed by atoms with Crippen molar-refractivity contribution in [1.82, 2.24) is 9.21 Å². The molecule has 1 saturated heterocycles. The highest BCUT2D eigenvalue weighted by Gasteiger charge is 2.59. The molecule has 0 aromatic rings. The van der Waals surface area contributed by atoms with Gasteiger partial charge in [0.15, 0.2) is 0 Å². The lowest BCUT2D eigenvalue weighted by Gasteiger charge is -2.57. The van der Waals surface area contributed by atoms with Crippen molar-refractivity contribution in [2.24, 2.45) is 40.9 Å². The van der Waals surface area contributed by atoms with E-state index in [9.17, 15) is 27.1 Å². The minimum absolute atomic E-state index is 0.0119. The number of rotatable bonds is 5. The van der Waals surface area contributed by atoms with Crippen LogP contribution in [0, 0.1) is 40.9 Å². The predicted molar refractivity (Wildman–Crippen MR) is 129 cm³/mol. The Labute approximate surface area is 208 Å². The summed E-state index contributed by atoms with van der Waals surface area (Å²) in [4.78, 5) is 15.6. The van der Waals surface area contributed by atoms with E-state index in [1.54, 1.807) is 0 Å². The number of carbonyl (C=O) groups excluding carboxylic acids is 1. The maximum Gasteiger partial charge on any atom is 0.266 e. The number of fused-ring (bicyclic) bond motifs is 5. The number of halogens is 2. The highest BCUT2D eigenvalue weighted by molar-refractivity contribution is 7.88. The Morgan fingerprint density at radius 1 is 0.971 bits per heavy atom. The van der Waals surface area contributed by atoms with E-state index in [1.807, 2.05) is 0 Å². The summed E-state index contributed by atoms with van der Waals surface area (Å²) in [7, 11) is -3.18. The summed E-state index contributed by atoms with van der Waals surface area (Å²) in [5, 5.41) is 10.4. The number of carbonyl (C=O) groups is 1. The molecule has 8 atom stereocenters. The summed E-state index contributed by atoms with van der Waals surface area (Å²) >= 11 is 0. The first-order chi connectivity index (χ1) is 16.4. The van der Waals surface area contributed by atoms with Gasteiger partial charge in [0.25, 0.3) is 6.43 Å². The molecule has 5 aliphatic rings. The fraction of sp³-hybridized carbons (Fsp3) is 0.962. The maximum atomic E-state index is 13.5. The zero-order valence-electron chi connectivity index (χ0n) is 21.2. The molecule has 6 nitrogen and oxygen atoms in total. The van der Waals surface area contributed by atoms with Gasteiger partial charge in [0.2, 0.25) is 10.0 Å². The van der Waals surface area contributed by atoms with Crippen LogP contribution in [0.5, 0.6) is 0 Å². The molecule has 0 amide bonds. The van der Waals surface area contributed by atoms with E-state index in [1.165, 1.54) is 10.6 Å². The van der Waals surface area contributed by atoms with Crippen molar-refractivity contribution in [2.75, 3.05) is 39.0 Å². The summed E-state index contributed by atoms with van der Waals surface area (Å²) in [6.45, 7) is 4.84. The number of piperazine rings is 1. The van der Waals surface area contributed by atoms with Gasteiger partial charge in [-0.15, -0.1) is 0 Å². The van der Waals surface area contributed by atoms with Crippen LogP contribution in [0.1, 0.15) is 64.7 Å². The molecule has 5 fully saturated rings. The Morgan fingerprint density at radius 2 is 1.66 bits per heavy atom. The zero-order valence-corrected chi connectivity index (χ0v) is 22.0. The molecule has 4 aliphatic carbocycles. The van der Waals surface area contributed by atoms with Crippen LogP contribution in [-0.2, 0) is 14.8 Å². The van der Waals surface area contributed by atoms with Gasteiger partial charge in [0, 0.05) is 32.1 Å². The van der Waals surface area contributed by atoms with Crippen molar-refractivity contribution in [3.05, 3.63) is 0 Å². The van der Waals surface area contributed by atoms with Crippen molar-refractivity contribution < 1.29 is 27.1 Å². The van der Waals surface area contributed by atoms with Crippen molar-refractivity contribution in [1.29, 1.82) is 0 Å². The summed E-state index contributed by atoms with van der Waals surface area (Å²) in [5.74, 6) is 2.67. The van der Waals surface area contributed by atoms with Crippen LogP contribution in [0.15, 0.2) is 0 Å². The molecule has 0 aromatic heterocycles. The molecule has 0 aromatic carbocycles. The molecule has 4 saturated carbocycles. The van der Waals surface area contributed by atoms with Gasteiger partial charge in [-0.2, -0.15) is 4.31 Å². The fourth-order valence-electron chi connectivity index (χ4n) is 9.19. The second-order valence-electron chi connectivity index (χ2n) is 12.7. The molecule has 0 radical (unpaired) electrons. The molecule has 0 unspecified atom stereocenters. The van der Waals surface area contributed by atoms with Gasteiger partial charge in [0.05, 0.1) is 12.8 Å². The normalized spacial score (nSPS) is 45.1. The molecule has 5 rings (SSSR count). The third-order valence-electron chi connectivity index (χ3n) is 11.0.